The third-order valence-corrected chi connectivity index (χ3v) is 8.97. The van der Waals surface area contributed by atoms with Crippen LogP contribution in [0.3, 0.4) is 0 Å². The summed E-state index contributed by atoms with van der Waals surface area (Å²) >= 11 is 1.24. The smallest absolute Gasteiger partial charge is 0.252 e. The van der Waals surface area contributed by atoms with Gasteiger partial charge in [0.1, 0.15) is 4.21 Å². The molecule has 1 aliphatic heterocycles. The summed E-state index contributed by atoms with van der Waals surface area (Å²) in [7, 11) is -1.83. The second kappa shape index (κ2) is 10.5. The number of carbonyl (C=O) groups excluding carboxylic acids is 1. The molecule has 1 aliphatic rings. The minimum Gasteiger partial charge on any atom is -0.493 e. The molecule has 1 atom stereocenters. The van der Waals surface area contributed by atoms with Gasteiger partial charge in [-0.1, -0.05) is 19.1 Å². The van der Waals surface area contributed by atoms with Crippen LogP contribution >= 0.6 is 11.3 Å². The number of thiophene rings is 1. The second-order valence-electron chi connectivity index (χ2n) is 7.60. The van der Waals surface area contributed by atoms with E-state index in [1.165, 1.54) is 15.6 Å². The number of carbonyl (C=O) groups is 1. The van der Waals surface area contributed by atoms with Crippen LogP contribution in [0.25, 0.3) is 0 Å². The predicted octanol–water partition coefficient (Wildman–Crippen LogP) is 3.51. The van der Waals surface area contributed by atoms with Crippen LogP contribution < -0.4 is 14.8 Å². The molecule has 1 amide bonds. The van der Waals surface area contributed by atoms with Crippen molar-refractivity contribution < 1.29 is 22.7 Å². The molecule has 0 saturated carbocycles. The van der Waals surface area contributed by atoms with Crippen molar-refractivity contribution in [2.45, 2.75) is 37.4 Å². The van der Waals surface area contributed by atoms with E-state index in [0.29, 0.717) is 54.8 Å². The number of amides is 1. The summed E-state index contributed by atoms with van der Waals surface area (Å²) in [6.45, 7) is 5.67. The molecule has 170 valence electrons. The molecule has 7 nitrogen and oxygen atoms in total. The summed E-state index contributed by atoms with van der Waals surface area (Å²) in [6, 6.07) is 9.00. The third kappa shape index (κ3) is 5.58. The summed E-state index contributed by atoms with van der Waals surface area (Å²) in [5.74, 6) is 1.27. The monoisotopic (exact) mass is 466 g/mol. The largest absolute Gasteiger partial charge is 0.493 e. The Kier molecular flexibility index (Phi) is 7.96. The number of methoxy groups -OCH3 is 1. The van der Waals surface area contributed by atoms with Gasteiger partial charge in [0.05, 0.1) is 13.7 Å². The van der Waals surface area contributed by atoms with Gasteiger partial charge in [0.25, 0.3) is 10.0 Å². The van der Waals surface area contributed by atoms with Gasteiger partial charge in [-0.3, -0.25) is 4.79 Å². The number of piperidine rings is 1. The summed E-state index contributed by atoms with van der Waals surface area (Å²) in [4.78, 5) is 12.7. The Labute approximate surface area is 188 Å². The van der Waals surface area contributed by atoms with Crippen LogP contribution in [0.4, 0.5) is 0 Å². The molecule has 9 heteroatoms. The zero-order chi connectivity index (χ0) is 22.4. The first-order chi connectivity index (χ1) is 14.9. The number of sulfonamides is 1. The number of hydrogen-bond acceptors (Lipinski definition) is 6. The quantitative estimate of drug-likeness (QED) is 0.611. The molecule has 0 bridgehead atoms. The van der Waals surface area contributed by atoms with Crippen molar-refractivity contribution in [1.29, 1.82) is 0 Å². The van der Waals surface area contributed by atoms with Crippen molar-refractivity contribution in [3.05, 3.63) is 41.3 Å². The Morgan fingerprint density at radius 1 is 1.26 bits per heavy atom. The SMILES string of the molecule is CCOc1ccc(CNC(=O)[C@@H](C)C2CCN(S(=O)(=O)c3cccs3)CC2)cc1OC. The summed E-state index contributed by atoms with van der Waals surface area (Å²) in [6.07, 6.45) is 1.35. The van der Waals surface area contributed by atoms with E-state index in [4.69, 9.17) is 9.47 Å². The predicted molar refractivity (Wildman–Crippen MR) is 121 cm³/mol. The van der Waals surface area contributed by atoms with E-state index in [1.54, 1.807) is 24.6 Å². The highest BCUT2D eigenvalue weighted by Crippen LogP contribution is 2.30. The molecule has 31 heavy (non-hydrogen) atoms. The standard InChI is InChI=1S/C22H30N2O5S2/c1-4-29-19-8-7-17(14-20(19)28-3)15-23-22(25)16(2)18-9-11-24(12-10-18)31(26,27)21-6-5-13-30-21/h5-8,13-14,16,18H,4,9-12,15H2,1-3H3,(H,23,25)/t16-/m0/s1. The van der Waals surface area contributed by atoms with Gasteiger partial charge in [0, 0.05) is 25.6 Å². The third-order valence-electron chi connectivity index (χ3n) is 5.70. The van der Waals surface area contributed by atoms with Crippen LogP contribution in [0.1, 0.15) is 32.3 Å². The highest BCUT2D eigenvalue weighted by molar-refractivity contribution is 7.91. The lowest BCUT2D eigenvalue weighted by Gasteiger charge is -2.33. The first-order valence-electron chi connectivity index (χ1n) is 10.5. The molecule has 0 radical (unpaired) electrons. The molecule has 1 N–H and O–H groups in total. The van der Waals surface area contributed by atoms with Gasteiger partial charge in [-0.15, -0.1) is 11.3 Å². The highest BCUT2D eigenvalue weighted by Gasteiger charge is 2.33. The minimum absolute atomic E-state index is 0.0209. The number of nitrogens with zero attached hydrogens (tertiary/aromatic N) is 1. The Morgan fingerprint density at radius 3 is 2.61 bits per heavy atom. The van der Waals surface area contributed by atoms with Gasteiger partial charge >= 0.3 is 0 Å². The molecule has 0 unspecified atom stereocenters. The maximum Gasteiger partial charge on any atom is 0.252 e. The maximum absolute atomic E-state index is 12.7. The number of ether oxygens (including phenoxy) is 2. The average Bonchev–Trinajstić information content (AvgIpc) is 3.34. The number of benzene rings is 1. The lowest BCUT2D eigenvalue weighted by Crippen LogP contribution is -2.42. The van der Waals surface area contributed by atoms with Gasteiger partial charge in [-0.05, 0) is 54.8 Å². The zero-order valence-electron chi connectivity index (χ0n) is 18.2. The summed E-state index contributed by atoms with van der Waals surface area (Å²) < 4.78 is 38.1. The normalized spacial score (nSPS) is 16.6. The molecule has 2 heterocycles. The van der Waals surface area contributed by atoms with E-state index >= 15 is 0 Å². The molecule has 1 saturated heterocycles. The van der Waals surface area contributed by atoms with Crippen molar-refractivity contribution >= 4 is 27.3 Å². The molecular formula is C22H30N2O5S2. The first-order valence-corrected chi connectivity index (χ1v) is 12.8. The van der Waals surface area contributed by atoms with E-state index in [9.17, 15) is 13.2 Å². The average molecular weight is 467 g/mol. The minimum atomic E-state index is -3.42. The highest BCUT2D eigenvalue weighted by atomic mass is 32.2. The van der Waals surface area contributed by atoms with Gasteiger partial charge < -0.3 is 14.8 Å². The lowest BCUT2D eigenvalue weighted by atomic mass is 9.85. The lowest BCUT2D eigenvalue weighted by molar-refractivity contribution is -0.126. The van der Waals surface area contributed by atoms with Gasteiger partial charge in [0.15, 0.2) is 11.5 Å². The van der Waals surface area contributed by atoms with Crippen LogP contribution in [0.15, 0.2) is 39.9 Å². The van der Waals surface area contributed by atoms with Gasteiger partial charge in [0.2, 0.25) is 5.91 Å². The molecule has 0 spiro atoms. The Hall–Kier alpha value is -2.10. The molecule has 2 aromatic rings. The van der Waals surface area contributed by atoms with Crippen molar-refractivity contribution in [2.24, 2.45) is 11.8 Å². The molecule has 0 aliphatic carbocycles. The molecule has 1 fully saturated rings. The first kappa shape index (κ1) is 23.6. The summed E-state index contributed by atoms with van der Waals surface area (Å²) in [5.41, 5.74) is 0.928. The summed E-state index contributed by atoms with van der Waals surface area (Å²) in [5, 5.41) is 4.77. The number of hydrogen-bond donors (Lipinski definition) is 1. The van der Waals surface area contributed by atoms with Gasteiger partial charge in [-0.25, -0.2) is 8.42 Å². The molecule has 1 aromatic heterocycles. The Bertz CT molecular complexity index is 968. The fourth-order valence-corrected chi connectivity index (χ4v) is 6.43. The number of nitrogens with one attached hydrogen (secondary N) is 1. The van der Waals surface area contributed by atoms with E-state index in [0.717, 1.165) is 5.56 Å². The van der Waals surface area contributed by atoms with Crippen LogP contribution in [0.5, 0.6) is 11.5 Å². The van der Waals surface area contributed by atoms with E-state index in [-0.39, 0.29) is 17.7 Å². The molecular weight excluding hydrogens is 436 g/mol. The van der Waals surface area contributed by atoms with Crippen LogP contribution in [-0.4, -0.2) is 45.4 Å². The molecule has 1 aromatic carbocycles. The van der Waals surface area contributed by atoms with E-state index < -0.39 is 10.0 Å². The second-order valence-corrected chi connectivity index (χ2v) is 10.7. The Morgan fingerprint density at radius 2 is 2.00 bits per heavy atom. The maximum atomic E-state index is 12.7. The number of rotatable bonds is 9. The van der Waals surface area contributed by atoms with Crippen molar-refractivity contribution in [3.63, 3.8) is 0 Å². The molecule has 3 rings (SSSR count). The van der Waals surface area contributed by atoms with E-state index in [2.05, 4.69) is 5.32 Å². The fraction of sp³-hybridized carbons (Fsp3) is 0.500. The fourth-order valence-electron chi connectivity index (χ4n) is 3.81. The topological polar surface area (TPSA) is 84.9 Å². The van der Waals surface area contributed by atoms with Crippen LogP contribution in [0.2, 0.25) is 0 Å². The van der Waals surface area contributed by atoms with Crippen LogP contribution in [0, 0.1) is 11.8 Å². The van der Waals surface area contributed by atoms with E-state index in [1.807, 2.05) is 32.0 Å². The van der Waals surface area contributed by atoms with Gasteiger partial charge in [-0.2, -0.15) is 4.31 Å². The zero-order valence-corrected chi connectivity index (χ0v) is 19.8. The Balaban J connectivity index is 1.52. The van der Waals surface area contributed by atoms with Crippen molar-refractivity contribution in [1.82, 2.24) is 9.62 Å². The van der Waals surface area contributed by atoms with Crippen molar-refractivity contribution in [3.8, 4) is 11.5 Å². The van der Waals surface area contributed by atoms with Crippen molar-refractivity contribution in [2.75, 3.05) is 26.8 Å². The van der Waals surface area contributed by atoms with Crippen LogP contribution in [-0.2, 0) is 21.4 Å².